The zero-order chi connectivity index (χ0) is 24.0. The summed E-state index contributed by atoms with van der Waals surface area (Å²) in [7, 11) is 6.53. The first-order chi connectivity index (χ1) is 15.6. The Balaban J connectivity index is 4.54. The van der Waals surface area contributed by atoms with Crippen LogP contribution in [-0.4, -0.2) is 67.8 Å². The van der Waals surface area contributed by atoms with Crippen molar-refractivity contribution in [3.8, 4) is 0 Å². The van der Waals surface area contributed by atoms with Gasteiger partial charge in [0.1, 0.15) is 0 Å². The Kier molecular flexibility index (Phi) is 24.3. The van der Waals surface area contributed by atoms with Crippen LogP contribution in [0.4, 0.5) is 0 Å². The van der Waals surface area contributed by atoms with E-state index in [1.165, 1.54) is 0 Å². The van der Waals surface area contributed by atoms with Crippen molar-refractivity contribution in [1.29, 1.82) is 0 Å². The van der Waals surface area contributed by atoms with Crippen molar-refractivity contribution in [2.75, 3.05) is 37.9 Å². The SMILES string of the molecule is CCCCOC(CSSSSCC(OCCCC)(OCCCC)[SiH2]C)(OCCCC)[SiH2]C. The molecule has 0 aromatic rings. The predicted molar refractivity (Wildman–Crippen MR) is 158 cm³/mol. The van der Waals surface area contributed by atoms with Crippen molar-refractivity contribution < 1.29 is 18.9 Å². The molecule has 0 fully saturated rings. The molecular formula is C22H50O4S4Si2. The van der Waals surface area contributed by atoms with E-state index in [1.54, 1.807) is 0 Å². The minimum absolute atomic E-state index is 0.320. The third kappa shape index (κ3) is 16.4. The largest absolute Gasteiger partial charge is 0.354 e. The molecule has 0 aromatic carbocycles. The van der Waals surface area contributed by atoms with E-state index in [0.717, 1.165) is 89.3 Å². The summed E-state index contributed by atoms with van der Waals surface area (Å²) in [6.07, 6.45) is 9.07. The molecule has 32 heavy (non-hydrogen) atoms. The second-order valence-electron chi connectivity index (χ2n) is 8.00. The normalized spacial score (nSPS) is 13.3. The highest BCUT2D eigenvalue weighted by molar-refractivity contribution is 9.26. The van der Waals surface area contributed by atoms with Gasteiger partial charge in [-0.2, -0.15) is 0 Å². The molecule has 0 spiro atoms. The summed E-state index contributed by atoms with van der Waals surface area (Å²) in [6, 6.07) is 0. The van der Waals surface area contributed by atoms with Crippen LogP contribution in [0.2, 0.25) is 13.1 Å². The van der Waals surface area contributed by atoms with Gasteiger partial charge in [-0.15, -0.1) is 0 Å². The van der Waals surface area contributed by atoms with E-state index in [9.17, 15) is 0 Å². The fourth-order valence-corrected chi connectivity index (χ4v) is 13.4. The highest BCUT2D eigenvalue weighted by Gasteiger charge is 2.32. The van der Waals surface area contributed by atoms with E-state index in [1.807, 2.05) is 41.2 Å². The quantitative estimate of drug-likeness (QED) is 0.0528. The first kappa shape index (κ1) is 33.7. The van der Waals surface area contributed by atoms with Gasteiger partial charge in [0.05, 0.1) is 30.5 Å². The van der Waals surface area contributed by atoms with Gasteiger partial charge < -0.3 is 18.9 Å². The topological polar surface area (TPSA) is 36.9 Å². The van der Waals surface area contributed by atoms with Gasteiger partial charge in [0.2, 0.25) is 0 Å². The Morgan fingerprint density at radius 2 is 0.812 bits per heavy atom. The Hall–Kier alpha value is 1.67. The molecular weight excluding hydrogens is 513 g/mol. The fraction of sp³-hybridized carbons (Fsp3) is 1.00. The zero-order valence-corrected chi connectivity index (χ0v) is 27.7. The smallest absolute Gasteiger partial charge is 0.154 e. The van der Waals surface area contributed by atoms with Crippen LogP contribution in [0.1, 0.15) is 79.1 Å². The van der Waals surface area contributed by atoms with Gasteiger partial charge in [0.25, 0.3) is 0 Å². The number of ether oxygens (including phenoxy) is 4. The van der Waals surface area contributed by atoms with Gasteiger partial charge in [-0.05, 0) is 45.3 Å². The Morgan fingerprint density at radius 1 is 0.531 bits per heavy atom. The minimum atomic E-state index is -0.454. The summed E-state index contributed by atoms with van der Waals surface area (Å²) >= 11 is 0. The number of rotatable bonds is 25. The predicted octanol–water partition coefficient (Wildman–Crippen LogP) is 6.67. The van der Waals surface area contributed by atoms with Gasteiger partial charge in [-0.1, -0.05) is 88.1 Å². The summed E-state index contributed by atoms with van der Waals surface area (Å²) in [6.45, 7) is 16.7. The summed E-state index contributed by atoms with van der Waals surface area (Å²) < 4.78 is 25.2. The maximum absolute atomic E-state index is 6.31. The van der Waals surface area contributed by atoms with Crippen molar-refractivity contribution in [2.45, 2.75) is 103 Å². The molecule has 0 saturated carbocycles. The number of unbranched alkanes of at least 4 members (excludes halogenated alkanes) is 4. The molecule has 0 aliphatic heterocycles. The summed E-state index contributed by atoms with van der Waals surface area (Å²) in [4.78, 5) is 0. The Morgan fingerprint density at radius 3 is 1.03 bits per heavy atom. The van der Waals surface area contributed by atoms with Gasteiger partial charge >= 0.3 is 0 Å². The Bertz CT molecular complexity index is 356. The lowest BCUT2D eigenvalue weighted by atomic mass is 10.3. The van der Waals surface area contributed by atoms with Crippen LogP contribution in [0.25, 0.3) is 0 Å². The molecule has 0 saturated heterocycles. The lowest BCUT2D eigenvalue weighted by Crippen LogP contribution is -2.44. The van der Waals surface area contributed by atoms with Gasteiger partial charge in [-0.3, -0.25) is 0 Å². The molecule has 0 rings (SSSR count). The van der Waals surface area contributed by atoms with E-state index < -0.39 is 19.0 Å². The van der Waals surface area contributed by atoms with Gasteiger partial charge in [0.15, 0.2) is 10.8 Å². The van der Waals surface area contributed by atoms with Crippen LogP contribution in [0.5, 0.6) is 0 Å². The molecule has 0 aliphatic rings. The van der Waals surface area contributed by atoms with Crippen molar-refractivity contribution in [3.63, 3.8) is 0 Å². The molecule has 0 heterocycles. The molecule has 0 bridgehead atoms. The molecule has 0 aliphatic carbocycles. The van der Waals surface area contributed by atoms with Crippen LogP contribution in [0, 0.1) is 0 Å². The summed E-state index contributed by atoms with van der Waals surface area (Å²) in [5, 5.41) is 0. The molecule has 0 atom stereocenters. The van der Waals surface area contributed by atoms with Gasteiger partial charge in [0, 0.05) is 26.4 Å². The van der Waals surface area contributed by atoms with Crippen molar-refractivity contribution >= 4 is 60.3 Å². The third-order valence-electron chi connectivity index (χ3n) is 5.21. The lowest BCUT2D eigenvalue weighted by Gasteiger charge is -2.33. The summed E-state index contributed by atoms with van der Waals surface area (Å²) in [5.74, 6) is 1.82. The summed E-state index contributed by atoms with van der Waals surface area (Å²) in [5.41, 5.74) is -0.639. The van der Waals surface area contributed by atoms with E-state index in [-0.39, 0.29) is 10.8 Å². The molecule has 0 N–H and O–H groups in total. The molecule has 194 valence electrons. The zero-order valence-electron chi connectivity index (χ0n) is 21.6. The highest BCUT2D eigenvalue weighted by Crippen LogP contribution is 2.45. The van der Waals surface area contributed by atoms with Crippen LogP contribution in [-0.2, 0) is 18.9 Å². The molecule has 10 heteroatoms. The average molecular weight is 563 g/mol. The minimum Gasteiger partial charge on any atom is -0.354 e. The molecule has 0 aromatic heterocycles. The first-order valence-corrected chi connectivity index (χ1v) is 22.1. The number of hydrogen-bond acceptors (Lipinski definition) is 8. The molecule has 0 unspecified atom stereocenters. The van der Waals surface area contributed by atoms with Crippen LogP contribution >= 0.6 is 41.2 Å². The maximum Gasteiger partial charge on any atom is 0.154 e. The van der Waals surface area contributed by atoms with Crippen LogP contribution in [0.3, 0.4) is 0 Å². The van der Waals surface area contributed by atoms with E-state index in [0.29, 0.717) is 0 Å². The highest BCUT2D eigenvalue weighted by atomic mass is 33.7. The second-order valence-corrected chi connectivity index (χ2v) is 17.6. The van der Waals surface area contributed by atoms with E-state index in [4.69, 9.17) is 18.9 Å². The van der Waals surface area contributed by atoms with Gasteiger partial charge in [-0.25, -0.2) is 0 Å². The molecule has 0 amide bonds. The molecule has 4 nitrogen and oxygen atoms in total. The standard InChI is InChI=1S/C22H50O4S4Si2/c1-7-11-15-23-21(31-5,24-16-12-8-2)19-27-29-30-28-20-22(32-6,25-17-13-9-3)26-18-14-10-4/h7-20,31-32H2,1-6H3. The number of hydrogen-bond donors (Lipinski definition) is 0. The molecule has 0 radical (unpaired) electrons. The van der Waals surface area contributed by atoms with Crippen molar-refractivity contribution in [2.24, 2.45) is 0 Å². The van der Waals surface area contributed by atoms with Crippen LogP contribution in [0.15, 0.2) is 0 Å². The second kappa shape index (κ2) is 23.1. The van der Waals surface area contributed by atoms with E-state index >= 15 is 0 Å². The Labute approximate surface area is 219 Å². The van der Waals surface area contributed by atoms with Crippen molar-refractivity contribution in [3.05, 3.63) is 0 Å². The van der Waals surface area contributed by atoms with E-state index in [2.05, 4.69) is 40.8 Å². The van der Waals surface area contributed by atoms with Crippen molar-refractivity contribution in [1.82, 2.24) is 0 Å². The lowest BCUT2D eigenvalue weighted by molar-refractivity contribution is -0.166. The average Bonchev–Trinajstić information content (AvgIpc) is 2.81. The third-order valence-corrected chi connectivity index (χ3v) is 16.0. The van der Waals surface area contributed by atoms with Crippen LogP contribution < -0.4 is 0 Å². The monoisotopic (exact) mass is 562 g/mol. The fourth-order valence-electron chi connectivity index (χ4n) is 2.74. The first-order valence-electron chi connectivity index (χ1n) is 12.7. The maximum atomic E-state index is 6.31.